The molecule has 0 radical (unpaired) electrons. The first-order chi connectivity index (χ1) is 11.8. The first-order valence-corrected chi connectivity index (χ1v) is 7.15. The summed E-state index contributed by atoms with van der Waals surface area (Å²) in [6.45, 7) is 0. The third kappa shape index (κ3) is 3.63. The topological polar surface area (TPSA) is 81.1 Å². The third-order valence-electron chi connectivity index (χ3n) is 3.34. The van der Waals surface area contributed by atoms with E-state index in [0.29, 0.717) is 5.76 Å². The Labute approximate surface area is 140 Å². The van der Waals surface area contributed by atoms with Crippen LogP contribution in [-0.2, 0) is 6.18 Å². The predicted molar refractivity (Wildman–Crippen MR) is 85.7 cm³/mol. The molecule has 2 heterocycles. The number of aromatic nitrogens is 1. The summed E-state index contributed by atoms with van der Waals surface area (Å²) in [6.07, 6.45) is -4.63. The molecule has 0 aliphatic carbocycles. The average Bonchev–Trinajstić information content (AvgIpc) is 2.96. The van der Waals surface area contributed by atoms with Crippen LogP contribution in [0, 0.1) is 0 Å². The number of carbonyl (C=O) groups is 1. The van der Waals surface area contributed by atoms with E-state index in [0.717, 1.165) is 17.7 Å². The van der Waals surface area contributed by atoms with E-state index in [1.54, 1.807) is 24.3 Å². The number of amides is 1. The van der Waals surface area contributed by atoms with E-state index < -0.39 is 17.8 Å². The van der Waals surface area contributed by atoms with E-state index in [-0.39, 0.29) is 17.3 Å². The number of rotatable bonds is 3. The molecule has 0 atom stereocenters. The number of furan rings is 1. The second-order valence-electron chi connectivity index (χ2n) is 5.11. The maximum atomic E-state index is 12.7. The van der Waals surface area contributed by atoms with Gasteiger partial charge in [-0.25, -0.2) is 4.98 Å². The number of nitrogen functional groups attached to an aromatic ring is 1. The minimum absolute atomic E-state index is 0.0563. The number of halogens is 3. The monoisotopic (exact) mass is 347 g/mol. The molecule has 8 heteroatoms. The Kier molecular flexibility index (Phi) is 4.18. The lowest BCUT2D eigenvalue weighted by atomic mass is 10.2. The van der Waals surface area contributed by atoms with Crippen LogP contribution in [0.5, 0.6) is 0 Å². The summed E-state index contributed by atoms with van der Waals surface area (Å²) < 4.78 is 43.4. The fourth-order valence-corrected chi connectivity index (χ4v) is 2.15. The van der Waals surface area contributed by atoms with Crippen LogP contribution < -0.4 is 11.1 Å². The normalized spacial score (nSPS) is 11.3. The standard InChI is InChI=1S/C17H12F3N3O2/c18-17(19,20)14-8-4-7-11(22-14)16(24)23-12-9-13(25-15(12)21)10-5-2-1-3-6-10/h1-9H,21H2,(H,23,24). The molecule has 0 aliphatic rings. The molecule has 2 aromatic heterocycles. The van der Waals surface area contributed by atoms with Gasteiger partial charge in [-0.05, 0) is 12.1 Å². The fourth-order valence-electron chi connectivity index (χ4n) is 2.15. The van der Waals surface area contributed by atoms with Gasteiger partial charge >= 0.3 is 6.18 Å². The van der Waals surface area contributed by atoms with E-state index in [4.69, 9.17) is 10.2 Å². The zero-order valence-corrected chi connectivity index (χ0v) is 12.7. The number of alkyl halides is 3. The second-order valence-corrected chi connectivity index (χ2v) is 5.11. The lowest BCUT2D eigenvalue weighted by Gasteiger charge is -2.07. The van der Waals surface area contributed by atoms with Gasteiger partial charge in [0.1, 0.15) is 22.8 Å². The van der Waals surface area contributed by atoms with Crippen molar-refractivity contribution in [2.24, 2.45) is 0 Å². The van der Waals surface area contributed by atoms with Crippen LogP contribution in [0.3, 0.4) is 0 Å². The van der Waals surface area contributed by atoms with Gasteiger partial charge in [-0.3, -0.25) is 4.79 Å². The molecule has 1 amide bonds. The van der Waals surface area contributed by atoms with Crippen molar-refractivity contribution in [1.82, 2.24) is 4.98 Å². The highest BCUT2D eigenvalue weighted by atomic mass is 19.4. The molecule has 0 bridgehead atoms. The molecule has 0 unspecified atom stereocenters. The molecule has 1 aromatic carbocycles. The van der Waals surface area contributed by atoms with Gasteiger partial charge < -0.3 is 15.5 Å². The van der Waals surface area contributed by atoms with Crippen LogP contribution in [-0.4, -0.2) is 10.9 Å². The number of anilines is 2. The van der Waals surface area contributed by atoms with E-state index in [1.807, 2.05) is 6.07 Å². The highest BCUT2D eigenvalue weighted by molar-refractivity contribution is 6.04. The highest BCUT2D eigenvalue weighted by Gasteiger charge is 2.33. The summed E-state index contributed by atoms with van der Waals surface area (Å²) in [6, 6.07) is 13.6. The van der Waals surface area contributed by atoms with E-state index in [9.17, 15) is 18.0 Å². The maximum absolute atomic E-state index is 12.7. The second kappa shape index (κ2) is 6.31. The van der Waals surface area contributed by atoms with Crippen LogP contribution in [0.2, 0.25) is 0 Å². The molecule has 0 aliphatic heterocycles. The highest BCUT2D eigenvalue weighted by Crippen LogP contribution is 2.31. The molecule has 0 spiro atoms. The Morgan fingerprint density at radius 3 is 2.48 bits per heavy atom. The van der Waals surface area contributed by atoms with Crippen LogP contribution >= 0.6 is 0 Å². The molecule has 128 valence electrons. The molecule has 3 rings (SSSR count). The van der Waals surface area contributed by atoms with Crippen LogP contribution in [0.15, 0.2) is 59.0 Å². The van der Waals surface area contributed by atoms with Gasteiger partial charge in [0, 0.05) is 11.6 Å². The van der Waals surface area contributed by atoms with Crippen molar-refractivity contribution in [2.75, 3.05) is 11.1 Å². The molecule has 0 fully saturated rings. The third-order valence-corrected chi connectivity index (χ3v) is 3.34. The Morgan fingerprint density at radius 1 is 1.08 bits per heavy atom. The fraction of sp³-hybridized carbons (Fsp3) is 0.0588. The van der Waals surface area contributed by atoms with Gasteiger partial charge in [0.2, 0.25) is 5.88 Å². The largest absolute Gasteiger partial charge is 0.439 e. The molecule has 0 saturated carbocycles. The first kappa shape index (κ1) is 16.6. The average molecular weight is 347 g/mol. The molecule has 0 saturated heterocycles. The minimum atomic E-state index is -4.63. The van der Waals surface area contributed by atoms with Crippen molar-refractivity contribution >= 4 is 17.5 Å². The molecular formula is C17H12F3N3O2. The lowest BCUT2D eigenvalue weighted by Crippen LogP contribution is -2.17. The molecule has 3 aromatic rings. The van der Waals surface area contributed by atoms with Crippen molar-refractivity contribution in [3.8, 4) is 11.3 Å². The number of hydrogen-bond donors (Lipinski definition) is 2. The first-order valence-electron chi connectivity index (χ1n) is 7.15. The van der Waals surface area contributed by atoms with E-state index in [1.165, 1.54) is 12.1 Å². The molecule has 5 nitrogen and oxygen atoms in total. The predicted octanol–water partition coefficient (Wildman–Crippen LogP) is 4.19. The number of nitrogens with zero attached hydrogens (tertiary/aromatic N) is 1. The Hall–Kier alpha value is -3.29. The van der Waals surface area contributed by atoms with E-state index in [2.05, 4.69) is 10.3 Å². The summed E-state index contributed by atoms with van der Waals surface area (Å²) in [5.41, 5.74) is 5.09. The van der Waals surface area contributed by atoms with Gasteiger partial charge in [0.15, 0.2) is 0 Å². The van der Waals surface area contributed by atoms with Crippen LogP contribution in [0.4, 0.5) is 24.7 Å². The smallest absolute Gasteiger partial charge is 0.433 e. The van der Waals surface area contributed by atoms with Gasteiger partial charge in [0.25, 0.3) is 5.91 Å². The van der Waals surface area contributed by atoms with Gasteiger partial charge in [0.05, 0.1) is 0 Å². The SMILES string of the molecule is Nc1oc(-c2ccccc2)cc1NC(=O)c1cccc(C(F)(F)F)n1. The van der Waals surface area contributed by atoms with Gasteiger partial charge in [-0.1, -0.05) is 36.4 Å². The molecular weight excluding hydrogens is 335 g/mol. The summed E-state index contributed by atoms with van der Waals surface area (Å²) in [5.74, 6) is -0.456. The van der Waals surface area contributed by atoms with Crippen LogP contribution in [0.25, 0.3) is 11.3 Å². The van der Waals surface area contributed by atoms with Gasteiger partial charge in [-0.2, -0.15) is 13.2 Å². The summed E-state index contributed by atoms with van der Waals surface area (Å²) >= 11 is 0. The number of carbonyl (C=O) groups excluding carboxylic acids is 1. The Bertz CT molecular complexity index is 905. The van der Waals surface area contributed by atoms with E-state index >= 15 is 0 Å². The number of hydrogen-bond acceptors (Lipinski definition) is 4. The molecule has 3 N–H and O–H groups in total. The maximum Gasteiger partial charge on any atom is 0.433 e. The number of nitrogens with two attached hydrogens (primary N) is 1. The quantitative estimate of drug-likeness (QED) is 0.744. The summed E-state index contributed by atoms with van der Waals surface area (Å²) in [7, 11) is 0. The van der Waals surface area contributed by atoms with Crippen molar-refractivity contribution < 1.29 is 22.4 Å². The minimum Gasteiger partial charge on any atom is -0.439 e. The van der Waals surface area contributed by atoms with Crippen molar-refractivity contribution in [3.63, 3.8) is 0 Å². The Morgan fingerprint density at radius 2 is 1.80 bits per heavy atom. The Balaban J connectivity index is 1.84. The number of pyridine rings is 1. The summed E-state index contributed by atoms with van der Waals surface area (Å²) in [5, 5.41) is 2.41. The number of benzene rings is 1. The van der Waals surface area contributed by atoms with Crippen LogP contribution in [0.1, 0.15) is 16.2 Å². The van der Waals surface area contributed by atoms with Crippen molar-refractivity contribution in [1.29, 1.82) is 0 Å². The summed E-state index contributed by atoms with van der Waals surface area (Å²) in [4.78, 5) is 15.5. The zero-order valence-electron chi connectivity index (χ0n) is 12.7. The van der Waals surface area contributed by atoms with Gasteiger partial charge in [-0.15, -0.1) is 0 Å². The molecule has 25 heavy (non-hydrogen) atoms. The van der Waals surface area contributed by atoms with Crippen molar-refractivity contribution in [3.05, 3.63) is 66.0 Å². The zero-order chi connectivity index (χ0) is 18.0. The lowest BCUT2D eigenvalue weighted by molar-refractivity contribution is -0.141. The number of nitrogens with one attached hydrogen (secondary N) is 1. The van der Waals surface area contributed by atoms with Crippen molar-refractivity contribution in [2.45, 2.75) is 6.18 Å².